The van der Waals surface area contributed by atoms with Gasteiger partial charge in [0.1, 0.15) is 0 Å². The van der Waals surface area contributed by atoms with Gasteiger partial charge in [-0.05, 0) is 112 Å². The van der Waals surface area contributed by atoms with Crippen LogP contribution in [0.2, 0.25) is 5.02 Å². The summed E-state index contributed by atoms with van der Waals surface area (Å²) in [7, 11) is 0. The molecule has 2 aliphatic rings. The molecule has 0 spiro atoms. The Labute approximate surface area is 254 Å². The normalized spacial score (nSPS) is 19.6. The molecule has 0 unspecified atom stereocenters. The first-order valence-corrected chi connectivity index (χ1v) is 15.3. The summed E-state index contributed by atoms with van der Waals surface area (Å²) in [4.78, 5) is 9.41. The van der Waals surface area contributed by atoms with Crippen LogP contribution in [-0.4, -0.2) is 27.8 Å². The molecule has 2 aromatic carbocycles. The minimum absolute atomic E-state index is 0.0978. The maximum absolute atomic E-state index is 7.00. The maximum atomic E-state index is 7.00. The molecule has 2 saturated heterocycles. The molecule has 0 saturated carbocycles. The Morgan fingerprint density at radius 1 is 0.927 bits per heavy atom. The van der Waals surface area contributed by atoms with Crippen LogP contribution in [0.1, 0.15) is 65.6 Å². The zero-order chi connectivity index (χ0) is 28.8. The van der Waals surface area contributed by atoms with E-state index >= 15 is 0 Å². The molecule has 4 aromatic rings. The number of rotatable bonds is 5. The van der Waals surface area contributed by atoms with E-state index in [2.05, 4.69) is 103 Å². The lowest BCUT2D eigenvalue weighted by Crippen LogP contribution is -2.33. The molecule has 41 heavy (non-hydrogen) atoms. The number of nitrogens with zero attached hydrogens (tertiary/aromatic N) is 4. The largest absolute Gasteiger partial charge is 0.370 e. The van der Waals surface area contributed by atoms with Crippen LogP contribution in [0.3, 0.4) is 0 Å². The number of piperidine rings is 1. The Morgan fingerprint density at radius 3 is 2.32 bits per heavy atom. The van der Waals surface area contributed by atoms with Gasteiger partial charge in [0.05, 0.1) is 34.2 Å². The summed E-state index contributed by atoms with van der Waals surface area (Å²) in [5.41, 5.74) is 10.4. The molecule has 5 nitrogen and oxygen atoms in total. The van der Waals surface area contributed by atoms with E-state index in [4.69, 9.17) is 28.8 Å². The molecule has 2 fully saturated rings. The highest BCUT2D eigenvalue weighted by Crippen LogP contribution is 2.45. The lowest BCUT2D eigenvalue weighted by molar-refractivity contribution is 0.438. The highest BCUT2D eigenvalue weighted by atomic mass is 35.5. The lowest BCUT2D eigenvalue weighted by atomic mass is 9.96. The van der Waals surface area contributed by atoms with Crippen molar-refractivity contribution in [2.45, 2.75) is 59.5 Å². The third-order valence-corrected chi connectivity index (χ3v) is 9.50. The number of aryl methyl sites for hydroxylation is 3. The molecule has 1 N–H and O–H groups in total. The molecule has 0 amide bonds. The van der Waals surface area contributed by atoms with E-state index in [0.717, 1.165) is 41.1 Å². The first-order valence-electron chi connectivity index (χ1n) is 14.5. The summed E-state index contributed by atoms with van der Waals surface area (Å²) in [6.45, 7) is 13.2. The zero-order valence-corrected chi connectivity index (χ0v) is 26.1. The van der Waals surface area contributed by atoms with E-state index < -0.39 is 0 Å². The predicted molar refractivity (Wildman–Crippen MR) is 175 cm³/mol. The summed E-state index contributed by atoms with van der Waals surface area (Å²) >= 11 is 13.0. The van der Waals surface area contributed by atoms with Crippen molar-refractivity contribution in [3.8, 4) is 5.69 Å². The second-order valence-corrected chi connectivity index (χ2v) is 12.5. The number of halogens is 1. The van der Waals surface area contributed by atoms with E-state index in [0.29, 0.717) is 5.11 Å². The third-order valence-electron chi connectivity index (χ3n) is 8.88. The lowest BCUT2D eigenvalue weighted by Gasteiger charge is -2.33. The first kappa shape index (κ1) is 27.8. The van der Waals surface area contributed by atoms with Gasteiger partial charge in [-0.2, -0.15) is 0 Å². The number of hydrogen-bond donors (Lipinski definition) is 1. The van der Waals surface area contributed by atoms with Gasteiger partial charge in [0.2, 0.25) is 0 Å². The average Bonchev–Trinajstić information content (AvgIpc) is 3.45. The van der Waals surface area contributed by atoms with Gasteiger partial charge in [0, 0.05) is 36.4 Å². The highest BCUT2D eigenvalue weighted by molar-refractivity contribution is 7.80. The number of nitrogens with one attached hydrogen (secondary N) is 1. The Morgan fingerprint density at radius 2 is 1.66 bits per heavy atom. The van der Waals surface area contributed by atoms with Gasteiger partial charge >= 0.3 is 0 Å². The minimum atomic E-state index is -0.113. The van der Waals surface area contributed by atoms with E-state index in [9.17, 15) is 0 Å². The molecule has 0 bridgehead atoms. The Bertz CT molecular complexity index is 1570. The van der Waals surface area contributed by atoms with Crippen LogP contribution in [-0.2, 0) is 0 Å². The molecule has 2 aromatic heterocycles. The third kappa shape index (κ3) is 5.02. The fraction of sp³-hybridized carbons (Fsp3) is 0.353. The summed E-state index contributed by atoms with van der Waals surface area (Å²) in [5, 5.41) is 5.06. The SMILES string of the molecule is Cc1cccc(C)c1-n1c(C)cc([C@@H]2[C@@H](c3ccccn3)NC(=S)N2c2ccc(N3CCC(C)CC3)c(Cl)c2)c1C. The number of aromatic nitrogens is 2. The summed E-state index contributed by atoms with van der Waals surface area (Å²) in [6, 6.07) is 21.1. The van der Waals surface area contributed by atoms with E-state index in [1.807, 2.05) is 18.3 Å². The quantitative estimate of drug-likeness (QED) is 0.240. The number of hydrogen-bond acceptors (Lipinski definition) is 3. The molecular weight excluding hydrogens is 546 g/mol. The fourth-order valence-electron chi connectivity index (χ4n) is 6.69. The second kappa shape index (κ2) is 11.1. The Kier molecular flexibility index (Phi) is 7.56. The van der Waals surface area contributed by atoms with E-state index in [1.54, 1.807) is 0 Å². The van der Waals surface area contributed by atoms with Gasteiger partial charge in [-0.1, -0.05) is 42.8 Å². The van der Waals surface area contributed by atoms with Crippen LogP contribution in [0.25, 0.3) is 5.69 Å². The first-order chi connectivity index (χ1) is 19.7. The van der Waals surface area contributed by atoms with Crippen molar-refractivity contribution in [2.24, 2.45) is 5.92 Å². The Balaban J connectivity index is 1.46. The number of anilines is 2. The fourth-order valence-corrected chi connectivity index (χ4v) is 7.33. The van der Waals surface area contributed by atoms with Crippen molar-refractivity contribution in [2.75, 3.05) is 22.9 Å². The minimum Gasteiger partial charge on any atom is -0.370 e. The summed E-state index contributed by atoms with van der Waals surface area (Å²) in [5.74, 6) is 0.768. The molecule has 4 heterocycles. The van der Waals surface area contributed by atoms with Gasteiger partial charge in [-0.25, -0.2) is 0 Å². The molecule has 2 atom stereocenters. The number of thiocarbonyl (C=S) groups is 1. The molecule has 7 heteroatoms. The zero-order valence-electron chi connectivity index (χ0n) is 24.5. The topological polar surface area (TPSA) is 36.3 Å². The highest BCUT2D eigenvalue weighted by Gasteiger charge is 2.42. The van der Waals surface area contributed by atoms with Crippen molar-refractivity contribution < 1.29 is 0 Å². The van der Waals surface area contributed by atoms with E-state index in [-0.39, 0.29) is 12.1 Å². The van der Waals surface area contributed by atoms with Gasteiger partial charge in [-0.3, -0.25) is 4.98 Å². The van der Waals surface area contributed by atoms with Gasteiger partial charge in [0.15, 0.2) is 5.11 Å². The standard InChI is InChI=1S/C34H38ClN5S/c1-21-14-17-38(18-15-21)30-13-12-26(20-28(30)35)40-33(31(37-34(40)41)29-11-6-7-16-36-29)27-19-24(4)39(25(27)5)32-22(2)9-8-10-23(32)3/h6-13,16,19-21,31,33H,14-15,17-18H2,1-5H3,(H,37,41)/t31-,33-/m1/s1. The monoisotopic (exact) mass is 583 g/mol. The van der Waals surface area contributed by atoms with Crippen LogP contribution in [0.5, 0.6) is 0 Å². The van der Waals surface area contributed by atoms with Crippen LogP contribution < -0.4 is 15.1 Å². The molecule has 6 rings (SSSR count). The second-order valence-electron chi connectivity index (χ2n) is 11.7. The summed E-state index contributed by atoms with van der Waals surface area (Å²) in [6.07, 6.45) is 4.24. The molecule has 2 aliphatic heterocycles. The molecular formula is C34H38ClN5S. The van der Waals surface area contributed by atoms with Crippen molar-refractivity contribution in [3.63, 3.8) is 0 Å². The maximum Gasteiger partial charge on any atom is 0.174 e. The van der Waals surface area contributed by atoms with Crippen LogP contribution in [0, 0.1) is 33.6 Å². The van der Waals surface area contributed by atoms with Crippen molar-refractivity contribution in [1.29, 1.82) is 0 Å². The van der Waals surface area contributed by atoms with Crippen LogP contribution >= 0.6 is 23.8 Å². The number of para-hydroxylation sites is 1. The predicted octanol–water partition coefficient (Wildman–Crippen LogP) is 8.17. The number of pyridine rings is 1. The van der Waals surface area contributed by atoms with Gasteiger partial charge < -0.3 is 19.7 Å². The van der Waals surface area contributed by atoms with Gasteiger partial charge in [0.25, 0.3) is 0 Å². The van der Waals surface area contributed by atoms with Crippen molar-refractivity contribution >= 4 is 40.3 Å². The Hall–Kier alpha value is -3.35. The van der Waals surface area contributed by atoms with Gasteiger partial charge in [-0.15, -0.1) is 0 Å². The average molecular weight is 584 g/mol. The van der Waals surface area contributed by atoms with Crippen LogP contribution in [0.4, 0.5) is 11.4 Å². The summed E-state index contributed by atoms with van der Waals surface area (Å²) < 4.78 is 2.39. The number of benzene rings is 2. The smallest absolute Gasteiger partial charge is 0.174 e. The van der Waals surface area contributed by atoms with Crippen molar-refractivity contribution in [1.82, 2.24) is 14.9 Å². The van der Waals surface area contributed by atoms with Crippen molar-refractivity contribution in [3.05, 3.63) is 106 Å². The van der Waals surface area contributed by atoms with Crippen LogP contribution in [0.15, 0.2) is 66.9 Å². The molecule has 0 radical (unpaired) electrons. The molecule has 212 valence electrons. The molecule has 0 aliphatic carbocycles. The van der Waals surface area contributed by atoms with E-state index in [1.165, 1.54) is 46.6 Å².